The average molecular weight is 356 g/mol. The molecule has 128 valence electrons. The van der Waals surface area contributed by atoms with Crippen molar-refractivity contribution in [3.8, 4) is 17.2 Å². The van der Waals surface area contributed by atoms with E-state index in [0.717, 1.165) is 5.69 Å². The van der Waals surface area contributed by atoms with E-state index in [-0.39, 0.29) is 11.5 Å². The minimum atomic E-state index is -0.0476. The van der Waals surface area contributed by atoms with Crippen LogP contribution in [0.2, 0.25) is 0 Å². The minimum Gasteiger partial charge on any atom is -0.493 e. The number of hydrogen-bond donors (Lipinski definition) is 0. The van der Waals surface area contributed by atoms with Crippen LogP contribution in [0.3, 0.4) is 0 Å². The number of hydrogen-bond acceptors (Lipinski definition) is 7. The van der Waals surface area contributed by atoms with Crippen molar-refractivity contribution in [3.63, 3.8) is 0 Å². The number of methoxy groups -OCH3 is 2. The molecule has 0 unspecified atom stereocenters. The van der Waals surface area contributed by atoms with Gasteiger partial charge in [0.1, 0.15) is 0 Å². The van der Waals surface area contributed by atoms with Crippen molar-refractivity contribution < 1.29 is 14.3 Å². The molecular weight excluding hydrogens is 340 g/mol. The second kappa shape index (κ2) is 7.80. The molecular formula is C17H16N4O3S. The molecule has 3 rings (SSSR count). The predicted molar refractivity (Wildman–Crippen MR) is 93.8 cm³/mol. The fraction of sp³-hybridized carbons (Fsp3) is 0.176. The van der Waals surface area contributed by atoms with Crippen LogP contribution in [-0.2, 0) is 0 Å². The summed E-state index contributed by atoms with van der Waals surface area (Å²) in [4.78, 5) is 12.5. The van der Waals surface area contributed by atoms with Crippen LogP contribution in [0, 0.1) is 0 Å². The van der Waals surface area contributed by atoms with Crippen molar-refractivity contribution >= 4 is 17.5 Å². The van der Waals surface area contributed by atoms with E-state index in [9.17, 15) is 4.79 Å². The second-order valence-electron chi connectivity index (χ2n) is 4.99. The first kappa shape index (κ1) is 17.0. The Kier molecular flexibility index (Phi) is 5.30. The van der Waals surface area contributed by atoms with Gasteiger partial charge in [0.05, 0.1) is 25.7 Å². The number of rotatable bonds is 7. The second-order valence-corrected chi connectivity index (χ2v) is 5.93. The molecule has 0 saturated carbocycles. The largest absolute Gasteiger partial charge is 0.493 e. The summed E-state index contributed by atoms with van der Waals surface area (Å²) in [7, 11) is 3.09. The molecule has 8 heteroatoms. The lowest BCUT2D eigenvalue weighted by Crippen LogP contribution is -2.05. The van der Waals surface area contributed by atoms with Crippen molar-refractivity contribution in [2.75, 3.05) is 20.0 Å². The number of thioether (sulfide) groups is 1. The van der Waals surface area contributed by atoms with Crippen LogP contribution in [0.25, 0.3) is 5.69 Å². The zero-order valence-corrected chi connectivity index (χ0v) is 14.6. The number of ketones is 1. The molecule has 0 spiro atoms. The number of nitrogens with zero attached hydrogens (tertiary/aromatic N) is 4. The highest BCUT2D eigenvalue weighted by molar-refractivity contribution is 7.99. The molecule has 25 heavy (non-hydrogen) atoms. The van der Waals surface area contributed by atoms with Gasteiger partial charge in [0, 0.05) is 5.56 Å². The fourth-order valence-corrected chi connectivity index (χ4v) is 3.01. The molecule has 0 radical (unpaired) electrons. The molecule has 0 N–H and O–H groups in total. The molecule has 0 saturated heterocycles. The SMILES string of the molecule is COc1ccc(C(=O)CSc2nnnn2-c2ccccc2)cc1OC. The van der Waals surface area contributed by atoms with Crippen molar-refractivity contribution in [2.24, 2.45) is 0 Å². The Morgan fingerprint density at radius 3 is 2.56 bits per heavy atom. The Morgan fingerprint density at radius 2 is 1.84 bits per heavy atom. The Morgan fingerprint density at radius 1 is 1.08 bits per heavy atom. The molecule has 0 amide bonds. The Labute approximate surface area is 149 Å². The van der Waals surface area contributed by atoms with E-state index in [1.165, 1.54) is 18.9 Å². The minimum absolute atomic E-state index is 0.0476. The number of carbonyl (C=O) groups is 1. The van der Waals surface area contributed by atoms with Gasteiger partial charge in [-0.2, -0.15) is 4.68 Å². The van der Waals surface area contributed by atoms with E-state index in [1.54, 1.807) is 30.0 Å². The van der Waals surface area contributed by atoms with Crippen LogP contribution in [0.5, 0.6) is 11.5 Å². The predicted octanol–water partition coefficient (Wildman–Crippen LogP) is 2.65. The van der Waals surface area contributed by atoms with Crippen LogP contribution < -0.4 is 9.47 Å². The van der Waals surface area contributed by atoms with Gasteiger partial charge < -0.3 is 9.47 Å². The third-order valence-corrected chi connectivity index (χ3v) is 4.40. The van der Waals surface area contributed by atoms with Crippen LogP contribution >= 0.6 is 11.8 Å². The molecule has 0 aliphatic rings. The van der Waals surface area contributed by atoms with Gasteiger partial charge in [0.15, 0.2) is 17.3 Å². The number of ether oxygens (including phenoxy) is 2. The molecule has 1 aromatic heterocycles. The Bertz CT molecular complexity index is 867. The lowest BCUT2D eigenvalue weighted by molar-refractivity contribution is 0.102. The molecule has 0 aliphatic carbocycles. The van der Waals surface area contributed by atoms with Crippen LogP contribution in [0.4, 0.5) is 0 Å². The lowest BCUT2D eigenvalue weighted by atomic mass is 10.1. The van der Waals surface area contributed by atoms with Crippen molar-refractivity contribution in [2.45, 2.75) is 5.16 Å². The fourth-order valence-electron chi connectivity index (χ4n) is 2.22. The van der Waals surface area contributed by atoms with Crippen molar-refractivity contribution in [1.82, 2.24) is 20.2 Å². The van der Waals surface area contributed by atoms with E-state index in [4.69, 9.17) is 9.47 Å². The highest BCUT2D eigenvalue weighted by Gasteiger charge is 2.14. The van der Waals surface area contributed by atoms with Gasteiger partial charge in [-0.1, -0.05) is 30.0 Å². The molecule has 1 heterocycles. The highest BCUT2D eigenvalue weighted by Crippen LogP contribution is 2.28. The zero-order chi connectivity index (χ0) is 17.6. The maximum atomic E-state index is 12.5. The summed E-state index contributed by atoms with van der Waals surface area (Å²) in [6.45, 7) is 0. The number of aromatic nitrogens is 4. The molecule has 3 aromatic rings. The van der Waals surface area contributed by atoms with E-state index in [2.05, 4.69) is 15.5 Å². The number of benzene rings is 2. The Hall–Kier alpha value is -2.87. The zero-order valence-electron chi connectivity index (χ0n) is 13.7. The van der Waals surface area contributed by atoms with Gasteiger partial charge in [-0.05, 0) is 40.8 Å². The summed E-state index contributed by atoms with van der Waals surface area (Å²) < 4.78 is 12.0. The van der Waals surface area contributed by atoms with E-state index in [1.807, 2.05) is 30.3 Å². The number of tetrazole rings is 1. The van der Waals surface area contributed by atoms with Crippen molar-refractivity contribution in [3.05, 3.63) is 54.1 Å². The molecule has 0 bridgehead atoms. The van der Waals surface area contributed by atoms with Crippen LogP contribution in [0.15, 0.2) is 53.7 Å². The van der Waals surface area contributed by atoms with Gasteiger partial charge >= 0.3 is 0 Å². The first-order chi connectivity index (χ1) is 12.2. The summed E-state index contributed by atoms with van der Waals surface area (Å²) in [6.07, 6.45) is 0. The maximum Gasteiger partial charge on any atom is 0.214 e. The third-order valence-electron chi connectivity index (χ3n) is 3.48. The molecule has 2 aromatic carbocycles. The summed E-state index contributed by atoms with van der Waals surface area (Å²) in [5, 5.41) is 12.2. The van der Waals surface area contributed by atoms with Crippen molar-refractivity contribution in [1.29, 1.82) is 0 Å². The number of Topliss-reactive ketones (excluding diaryl/α,β-unsaturated/α-hetero) is 1. The molecule has 0 atom stereocenters. The summed E-state index contributed by atoms with van der Waals surface area (Å²) >= 11 is 1.28. The summed E-state index contributed by atoms with van der Waals surface area (Å²) in [5.74, 6) is 1.27. The smallest absolute Gasteiger partial charge is 0.214 e. The van der Waals surface area contributed by atoms with Gasteiger partial charge in [0.25, 0.3) is 0 Å². The van der Waals surface area contributed by atoms with Gasteiger partial charge in [0.2, 0.25) is 5.16 Å². The van der Waals surface area contributed by atoms with E-state index in [0.29, 0.717) is 22.2 Å². The lowest BCUT2D eigenvalue weighted by Gasteiger charge is -2.09. The third kappa shape index (κ3) is 3.80. The molecule has 0 aliphatic heterocycles. The quantitative estimate of drug-likeness (QED) is 0.475. The first-order valence-electron chi connectivity index (χ1n) is 7.44. The highest BCUT2D eigenvalue weighted by atomic mass is 32.2. The normalized spacial score (nSPS) is 10.5. The number of carbonyl (C=O) groups excluding carboxylic acids is 1. The monoisotopic (exact) mass is 356 g/mol. The van der Waals surface area contributed by atoms with Gasteiger partial charge in [-0.25, -0.2) is 0 Å². The van der Waals surface area contributed by atoms with E-state index >= 15 is 0 Å². The van der Waals surface area contributed by atoms with E-state index < -0.39 is 0 Å². The molecule has 0 fully saturated rings. The maximum absolute atomic E-state index is 12.5. The van der Waals surface area contributed by atoms with Crippen LogP contribution in [-0.4, -0.2) is 46.0 Å². The number of para-hydroxylation sites is 1. The Balaban J connectivity index is 1.73. The first-order valence-corrected chi connectivity index (χ1v) is 8.43. The standard InChI is InChI=1S/C17H16N4O3S/c1-23-15-9-8-12(10-16(15)24-2)14(22)11-25-17-18-19-20-21(17)13-6-4-3-5-7-13/h3-10H,11H2,1-2H3. The summed E-state index contributed by atoms with van der Waals surface area (Å²) in [5.41, 5.74) is 1.39. The van der Waals surface area contributed by atoms with Gasteiger partial charge in [-0.3, -0.25) is 4.79 Å². The van der Waals surface area contributed by atoms with Gasteiger partial charge in [-0.15, -0.1) is 5.10 Å². The average Bonchev–Trinajstić information content (AvgIpc) is 3.14. The topological polar surface area (TPSA) is 79.1 Å². The van der Waals surface area contributed by atoms with Crippen LogP contribution in [0.1, 0.15) is 10.4 Å². The molecule has 7 nitrogen and oxygen atoms in total. The summed E-state index contributed by atoms with van der Waals surface area (Å²) in [6, 6.07) is 14.6.